The highest BCUT2D eigenvalue weighted by atomic mass is 35.5. The van der Waals surface area contributed by atoms with E-state index in [1.165, 1.54) is 13.2 Å². The van der Waals surface area contributed by atoms with Gasteiger partial charge in [0.15, 0.2) is 0 Å². The van der Waals surface area contributed by atoms with Gasteiger partial charge in [-0.3, -0.25) is 4.79 Å². The van der Waals surface area contributed by atoms with Crippen LogP contribution < -0.4 is 10.1 Å². The van der Waals surface area contributed by atoms with E-state index in [9.17, 15) is 4.79 Å². The molecule has 0 atom stereocenters. The van der Waals surface area contributed by atoms with E-state index in [4.69, 9.17) is 33.2 Å². The van der Waals surface area contributed by atoms with Crippen molar-refractivity contribution < 1.29 is 9.53 Å². The molecule has 0 radical (unpaired) electrons. The van der Waals surface area contributed by atoms with Gasteiger partial charge in [-0.1, -0.05) is 29.3 Å². The lowest BCUT2D eigenvalue weighted by Gasteiger charge is -2.11. The molecule has 4 nitrogen and oxygen atoms in total. The largest absolute Gasteiger partial charge is 0.495 e. The van der Waals surface area contributed by atoms with Crippen molar-refractivity contribution in [2.45, 2.75) is 0 Å². The predicted octanol–water partition coefficient (Wildman–Crippen LogP) is 4.19. The van der Waals surface area contributed by atoms with Crippen molar-refractivity contribution in [3.63, 3.8) is 0 Å². The summed E-state index contributed by atoms with van der Waals surface area (Å²) < 4.78 is 5.85. The normalized spacial score (nSPS) is 9.90. The van der Waals surface area contributed by atoms with Crippen LogP contribution in [-0.2, 0) is 0 Å². The summed E-state index contributed by atoms with van der Waals surface area (Å²) in [5.74, 6) is -0.0472. The SMILES string of the molecule is COc1cccc(C#N)c1NC(=O)c1cc(Cl)sc1Cl. The first-order valence-electron chi connectivity index (χ1n) is 5.40. The molecular formula is C13H8Cl2N2O2S. The Morgan fingerprint density at radius 3 is 2.75 bits per heavy atom. The highest BCUT2D eigenvalue weighted by Crippen LogP contribution is 2.33. The number of thiophene rings is 1. The monoisotopic (exact) mass is 326 g/mol. The zero-order chi connectivity index (χ0) is 14.7. The van der Waals surface area contributed by atoms with E-state index in [-0.39, 0.29) is 5.56 Å². The molecule has 1 aromatic carbocycles. The molecule has 0 unspecified atom stereocenters. The quantitative estimate of drug-likeness (QED) is 0.919. The van der Waals surface area contributed by atoms with Crippen LogP contribution in [0.5, 0.6) is 5.75 Å². The van der Waals surface area contributed by atoms with Gasteiger partial charge in [0.2, 0.25) is 0 Å². The van der Waals surface area contributed by atoms with Crippen LogP contribution in [0.25, 0.3) is 0 Å². The number of methoxy groups -OCH3 is 1. The predicted molar refractivity (Wildman–Crippen MR) is 80.0 cm³/mol. The first kappa shape index (κ1) is 14.7. The number of hydrogen-bond donors (Lipinski definition) is 1. The highest BCUT2D eigenvalue weighted by Gasteiger charge is 2.18. The third-order valence-corrected chi connectivity index (χ3v) is 3.99. The van der Waals surface area contributed by atoms with Gasteiger partial charge in [0.05, 0.1) is 22.6 Å². The fraction of sp³-hybridized carbons (Fsp3) is 0.0769. The number of nitrogens with one attached hydrogen (secondary N) is 1. The van der Waals surface area contributed by atoms with Crippen molar-refractivity contribution in [1.29, 1.82) is 5.26 Å². The molecule has 0 saturated heterocycles. The summed E-state index contributed by atoms with van der Waals surface area (Å²) >= 11 is 12.8. The van der Waals surface area contributed by atoms with Gasteiger partial charge in [-0.2, -0.15) is 5.26 Å². The molecule has 0 aliphatic rings. The molecule has 1 heterocycles. The lowest BCUT2D eigenvalue weighted by molar-refractivity contribution is 0.102. The maximum Gasteiger partial charge on any atom is 0.258 e. The Balaban J connectivity index is 2.37. The van der Waals surface area contributed by atoms with Crippen molar-refractivity contribution in [2.75, 3.05) is 12.4 Å². The van der Waals surface area contributed by atoms with Gasteiger partial charge in [0.1, 0.15) is 21.8 Å². The number of para-hydroxylation sites is 1. The maximum atomic E-state index is 12.2. The van der Waals surface area contributed by atoms with Gasteiger partial charge in [-0.25, -0.2) is 0 Å². The molecule has 1 amide bonds. The highest BCUT2D eigenvalue weighted by molar-refractivity contribution is 7.20. The lowest BCUT2D eigenvalue weighted by atomic mass is 10.1. The first-order valence-corrected chi connectivity index (χ1v) is 6.97. The Labute approximate surface area is 129 Å². The fourth-order valence-electron chi connectivity index (χ4n) is 1.60. The van der Waals surface area contributed by atoms with Crippen LogP contribution in [0.2, 0.25) is 8.67 Å². The maximum absolute atomic E-state index is 12.2. The van der Waals surface area contributed by atoms with Crippen LogP contribution in [-0.4, -0.2) is 13.0 Å². The number of carbonyl (C=O) groups is 1. The second kappa shape index (κ2) is 6.14. The summed E-state index contributed by atoms with van der Waals surface area (Å²) in [5.41, 5.74) is 0.868. The second-order valence-electron chi connectivity index (χ2n) is 3.69. The van der Waals surface area contributed by atoms with E-state index in [1.54, 1.807) is 18.2 Å². The summed E-state index contributed by atoms with van der Waals surface area (Å²) in [6.07, 6.45) is 0. The number of nitrogens with zero attached hydrogens (tertiary/aromatic N) is 1. The van der Waals surface area contributed by atoms with Gasteiger partial charge in [-0.15, -0.1) is 11.3 Å². The Morgan fingerprint density at radius 2 is 2.20 bits per heavy atom. The molecule has 0 aliphatic heterocycles. The van der Waals surface area contributed by atoms with Gasteiger partial charge < -0.3 is 10.1 Å². The van der Waals surface area contributed by atoms with E-state index < -0.39 is 5.91 Å². The molecule has 0 fully saturated rings. The van der Waals surface area contributed by atoms with Crippen LogP contribution in [0.4, 0.5) is 5.69 Å². The second-order valence-corrected chi connectivity index (χ2v) is 5.97. The zero-order valence-corrected chi connectivity index (χ0v) is 12.6. The number of nitriles is 1. The minimum absolute atomic E-state index is 0.261. The van der Waals surface area contributed by atoms with Crippen molar-refractivity contribution in [3.05, 3.63) is 44.1 Å². The number of halogens is 2. The molecule has 2 aromatic rings. The molecule has 0 saturated carbocycles. The van der Waals surface area contributed by atoms with Gasteiger partial charge in [-0.05, 0) is 18.2 Å². The van der Waals surface area contributed by atoms with E-state index >= 15 is 0 Å². The fourth-order valence-corrected chi connectivity index (χ4v) is 3.06. The average Bonchev–Trinajstić information content (AvgIpc) is 2.78. The molecular weight excluding hydrogens is 319 g/mol. The topological polar surface area (TPSA) is 62.1 Å². The number of hydrogen-bond acceptors (Lipinski definition) is 4. The Morgan fingerprint density at radius 1 is 1.45 bits per heavy atom. The van der Waals surface area contributed by atoms with Crippen molar-refractivity contribution >= 4 is 46.1 Å². The Kier molecular flexibility index (Phi) is 4.50. The van der Waals surface area contributed by atoms with E-state index in [2.05, 4.69) is 5.32 Å². The Bertz CT molecular complexity index is 707. The minimum Gasteiger partial charge on any atom is -0.495 e. The molecule has 1 N–H and O–H groups in total. The lowest BCUT2D eigenvalue weighted by Crippen LogP contribution is -2.13. The number of carbonyl (C=O) groups excluding carboxylic acids is 1. The van der Waals surface area contributed by atoms with Crippen LogP contribution in [0.1, 0.15) is 15.9 Å². The van der Waals surface area contributed by atoms with E-state index in [0.717, 1.165) is 11.3 Å². The smallest absolute Gasteiger partial charge is 0.258 e. The number of ether oxygens (including phenoxy) is 1. The minimum atomic E-state index is -0.445. The van der Waals surface area contributed by atoms with Crippen LogP contribution in [0.15, 0.2) is 24.3 Å². The molecule has 20 heavy (non-hydrogen) atoms. The number of rotatable bonds is 3. The Hall–Kier alpha value is -1.74. The van der Waals surface area contributed by atoms with Crippen LogP contribution >= 0.6 is 34.5 Å². The molecule has 0 bridgehead atoms. The number of benzene rings is 1. The number of anilines is 1. The summed E-state index contributed by atoms with van der Waals surface area (Å²) in [4.78, 5) is 12.2. The van der Waals surface area contributed by atoms with Gasteiger partial charge in [0.25, 0.3) is 5.91 Å². The standard InChI is InChI=1S/C13H8Cl2N2O2S/c1-19-9-4-2-3-7(6-16)11(9)17-13(18)8-5-10(14)20-12(8)15/h2-5H,1H3,(H,17,18). The molecule has 1 aromatic heterocycles. The van der Waals surface area contributed by atoms with E-state index in [0.29, 0.717) is 25.7 Å². The average molecular weight is 327 g/mol. The van der Waals surface area contributed by atoms with Crippen molar-refractivity contribution in [2.24, 2.45) is 0 Å². The summed E-state index contributed by atoms with van der Waals surface area (Å²) in [5, 5.41) is 11.7. The third-order valence-electron chi connectivity index (χ3n) is 2.51. The van der Waals surface area contributed by atoms with E-state index in [1.807, 2.05) is 6.07 Å². The molecule has 102 valence electrons. The third kappa shape index (κ3) is 2.88. The first-order chi connectivity index (χ1) is 9.56. The van der Waals surface area contributed by atoms with Crippen LogP contribution in [0, 0.1) is 11.3 Å². The van der Waals surface area contributed by atoms with Gasteiger partial charge >= 0.3 is 0 Å². The zero-order valence-electron chi connectivity index (χ0n) is 10.2. The molecule has 2 rings (SSSR count). The molecule has 0 aliphatic carbocycles. The molecule has 0 spiro atoms. The number of amides is 1. The van der Waals surface area contributed by atoms with Gasteiger partial charge in [0, 0.05) is 0 Å². The van der Waals surface area contributed by atoms with Crippen LogP contribution in [0.3, 0.4) is 0 Å². The summed E-state index contributed by atoms with van der Waals surface area (Å²) in [6, 6.07) is 8.38. The summed E-state index contributed by atoms with van der Waals surface area (Å²) in [7, 11) is 1.46. The molecule has 7 heteroatoms. The summed E-state index contributed by atoms with van der Waals surface area (Å²) in [6.45, 7) is 0. The van der Waals surface area contributed by atoms with Crippen molar-refractivity contribution in [3.8, 4) is 11.8 Å². The van der Waals surface area contributed by atoms with Crippen molar-refractivity contribution in [1.82, 2.24) is 0 Å².